The first kappa shape index (κ1) is 16.7. The van der Waals surface area contributed by atoms with E-state index in [-0.39, 0.29) is 24.7 Å². The van der Waals surface area contributed by atoms with Crippen molar-refractivity contribution in [2.75, 3.05) is 12.3 Å². The van der Waals surface area contributed by atoms with Crippen LogP contribution in [0.4, 0.5) is 0 Å². The minimum Gasteiger partial charge on any atom is -0.468 e. The SMILES string of the molecule is O=C(NCCS(=O)(=O)NCc1ccco1)c1ccccc1Br. The molecule has 0 saturated heterocycles. The fraction of sp³-hybridized carbons (Fsp3) is 0.214. The molecule has 22 heavy (non-hydrogen) atoms. The maximum atomic E-state index is 11.9. The monoisotopic (exact) mass is 386 g/mol. The molecule has 0 fully saturated rings. The van der Waals surface area contributed by atoms with Gasteiger partial charge in [-0.15, -0.1) is 0 Å². The van der Waals surface area contributed by atoms with Gasteiger partial charge in [-0.3, -0.25) is 4.79 Å². The molecule has 2 rings (SSSR count). The second-order valence-electron chi connectivity index (χ2n) is 4.46. The normalized spacial score (nSPS) is 11.3. The third kappa shape index (κ3) is 4.97. The average Bonchev–Trinajstić information content (AvgIpc) is 2.99. The summed E-state index contributed by atoms with van der Waals surface area (Å²) in [6.07, 6.45) is 1.47. The number of carbonyl (C=O) groups excluding carboxylic acids is 1. The van der Waals surface area contributed by atoms with Crippen molar-refractivity contribution in [2.24, 2.45) is 0 Å². The lowest BCUT2D eigenvalue weighted by molar-refractivity contribution is 0.0955. The van der Waals surface area contributed by atoms with Gasteiger partial charge in [-0.2, -0.15) is 0 Å². The van der Waals surface area contributed by atoms with Gasteiger partial charge in [0.15, 0.2) is 0 Å². The first-order chi connectivity index (χ1) is 10.5. The Labute approximate surface area is 137 Å². The molecule has 0 radical (unpaired) electrons. The molecule has 2 N–H and O–H groups in total. The van der Waals surface area contributed by atoms with Crippen LogP contribution in [0.3, 0.4) is 0 Å². The highest BCUT2D eigenvalue weighted by Crippen LogP contribution is 2.15. The van der Waals surface area contributed by atoms with Gasteiger partial charge in [0.1, 0.15) is 5.76 Å². The molecule has 0 atom stereocenters. The molecule has 118 valence electrons. The molecule has 1 aromatic heterocycles. The summed E-state index contributed by atoms with van der Waals surface area (Å²) >= 11 is 3.27. The molecule has 8 heteroatoms. The summed E-state index contributed by atoms with van der Waals surface area (Å²) in [4.78, 5) is 11.9. The molecule has 2 aromatic rings. The van der Waals surface area contributed by atoms with Crippen LogP contribution in [0, 0.1) is 0 Å². The smallest absolute Gasteiger partial charge is 0.252 e. The molecule has 0 spiro atoms. The van der Waals surface area contributed by atoms with E-state index >= 15 is 0 Å². The Balaban J connectivity index is 1.80. The van der Waals surface area contributed by atoms with E-state index in [1.165, 1.54) is 6.26 Å². The third-order valence-corrected chi connectivity index (χ3v) is 4.84. The predicted octanol–water partition coefficient (Wildman–Crippen LogP) is 1.89. The van der Waals surface area contributed by atoms with Crippen LogP contribution in [-0.4, -0.2) is 26.6 Å². The second kappa shape index (κ2) is 7.57. The molecule has 1 amide bonds. The first-order valence-corrected chi connectivity index (χ1v) is 8.95. The number of carbonyl (C=O) groups is 1. The van der Waals surface area contributed by atoms with Crippen molar-refractivity contribution >= 4 is 31.9 Å². The summed E-state index contributed by atoms with van der Waals surface area (Å²) in [6, 6.07) is 10.3. The fourth-order valence-electron chi connectivity index (χ4n) is 1.71. The number of furan rings is 1. The number of benzene rings is 1. The standard InChI is InChI=1S/C14H15BrN2O4S/c15-13-6-2-1-5-12(13)14(18)16-7-9-22(19,20)17-10-11-4-3-8-21-11/h1-6,8,17H,7,9-10H2,(H,16,18). The lowest BCUT2D eigenvalue weighted by Gasteiger charge is -2.08. The van der Waals surface area contributed by atoms with E-state index < -0.39 is 10.0 Å². The van der Waals surface area contributed by atoms with Gasteiger partial charge >= 0.3 is 0 Å². The number of amides is 1. The quantitative estimate of drug-likeness (QED) is 0.760. The molecular weight excluding hydrogens is 372 g/mol. The highest BCUT2D eigenvalue weighted by atomic mass is 79.9. The van der Waals surface area contributed by atoms with Crippen molar-refractivity contribution in [3.63, 3.8) is 0 Å². The van der Waals surface area contributed by atoms with E-state index in [1.807, 2.05) is 0 Å². The van der Waals surface area contributed by atoms with E-state index in [0.717, 1.165) is 0 Å². The third-order valence-electron chi connectivity index (χ3n) is 2.82. The van der Waals surface area contributed by atoms with Crippen molar-refractivity contribution in [1.82, 2.24) is 10.0 Å². The van der Waals surface area contributed by atoms with E-state index in [9.17, 15) is 13.2 Å². The topological polar surface area (TPSA) is 88.4 Å². The fourth-order valence-corrected chi connectivity index (χ4v) is 3.05. The van der Waals surface area contributed by atoms with Crippen LogP contribution in [0.5, 0.6) is 0 Å². The molecule has 0 unspecified atom stereocenters. The van der Waals surface area contributed by atoms with E-state index in [0.29, 0.717) is 15.8 Å². The van der Waals surface area contributed by atoms with Crippen LogP contribution >= 0.6 is 15.9 Å². The Hall–Kier alpha value is -1.64. The maximum absolute atomic E-state index is 11.9. The van der Waals surface area contributed by atoms with Crippen LogP contribution in [-0.2, 0) is 16.6 Å². The molecule has 0 aliphatic carbocycles. The average molecular weight is 387 g/mol. The van der Waals surface area contributed by atoms with Crippen molar-refractivity contribution in [2.45, 2.75) is 6.54 Å². The van der Waals surface area contributed by atoms with Crippen LogP contribution in [0.1, 0.15) is 16.1 Å². The Morgan fingerprint density at radius 2 is 1.95 bits per heavy atom. The van der Waals surface area contributed by atoms with E-state index in [2.05, 4.69) is 26.0 Å². The van der Waals surface area contributed by atoms with Crippen molar-refractivity contribution < 1.29 is 17.6 Å². The second-order valence-corrected chi connectivity index (χ2v) is 7.24. The largest absolute Gasteiger partial charge is 0.468 e. The summed E-state index contributed by atoms with van der Waals surface area (Å²) in [6.45, 7) is 0.112. The van der Waals surface area contributed by atoms with Gasteiger partial charge in [0.2, 0.25) is 10.0 Å². The van der Waals surface area contributed by atoms with Gasteiger partial charge in [-0.05, 0) is 40.2 Å². The summed E-state index contributed by atoms with van der Waals surface area (Å²) in [5.74, 6) is -0.00119. The van der Waals surface area contributed by atoms with E-state index in [4.69, 9.17) is 4.42 Å². The zero-order valence-electron chi connectivity index (χ0n) is 11.6. The molecule has 1 heterocycles. The number of rotatable bonds is 7. The Morgan fingerprint density at radius 3 is 2.64 bits per heavy atom. The number of sulfonamides is 1. The molecule has 0 bridgehead atoms. The van der Waals surface area contributed by atoms with Crippen LogP contribution in [0.2, 0.25) is 0 Å². The Kier molecular flexibility index (Phi) is 5.76. The molecule has 6 nitrogen and oxygen atoms in total. The predicted molar refractivity (Wildman–Crippen MR) is 85.8 cm³/mol. The van der Waals surface area contributed by atoms with Crippen LogP contribution < -0.4 is 10.0 Å². The van der Waals surface area contributed by atoms with Gasteiger partial charge in [-0.1, -0.05) is 12.1 Å². The number of halogens is 1. The lowest BCUT2D eigenvalue weighted by Crippen LogP contribution is -2.34. The highest BCUT2D eigenvalue weighted by Gasteiger charge is 2.13. The molecule has 0 saturated carbocycles. The van der Waals surface area contributed by atoms with Crippen molar-refractivity contribution in [1.29, 1.82) is 0 Å². The number of hydrogen-bond donors (Lipinski definition) is 2. The molecule has 0 aliphatic rings. The Morgan fingerprint density at radius 1 is 1.18 bits per heavy atom. The van der Waals surface area contributed by atoms with Gasteiger partial charge in [-0.25, -0.2) is 13.1 Å². The molecule has 0 aliphatic heterocycles. The van der Waals surface area contributed by atoms with Gasteiger partial charge in [0.25, 0.3) is 5.91 Å². The zero-order valence-corrected chi connectivity index (χ0v) is 14.0. The molecule has 1 aromatic carbocycles. The summed E-state index contributed by atoms with van der Waals surface area (Å²) in [5.41, 5.74) is 0.462. The first-order valence-electron chi connectivity index (χ1n) is 6.50. The zero-order chi connectivity index (χ0) is 16.0. The van der Waals surface area contributed by atoms with Crippen molar-refractivity contribution in [3.05, 3.63) is 58.5 Å². The maximum Gasteiger partial charge on any atom is 0.252 e. The summed E-state index contributed by atoms with van der Waals surface area (Å²) in [7, 11) is -3.48. The number of hydrogen-bond acceptors (Lipinski definition) is 4. The summed E-state index contributed by atoms with van der Waals surface area (Å²) < 4.78 is 31.7. The number of nitrogens with one attached hydrogen (secondary N) is 2. The minimum absolute atomic E-state index is 0.0215. The molecular formula is C14H15BrN2O4S. The summed E-state index contributed by atoms with van der Waals surface area (Å²) in [5, 5.41) is 2.58. The van der Waals surface area contributed by atoms with Crippen LogP contribution in [0.15, 0.2) is 51.6 Å². The van der Waals surface area contributed by atoms with Gasteiger partial charge in [0, 0.05) is 11.0 Å². The highest BCUT2D eigenvalue weighted by molar-refractivity contribution is 9.10. The Bertz CT molecular complexity index is 729. The lowest BCUT2D eigenvalue weighted by atomic mass is 10.2. The van der Waals surface area contributed by atoms with Crippen molar-refractivity contribution in [3.8, 4) is 0 Å². The van der Waals surface area contributed by atoms with Crippen LogP contribution in [0.25, 0.3) is 0 Å². The van der Waals surface area contributed by atoms with Gasteiger partial charge < -0.3 is 9.73 Å². The minimum atomic E-state index is -3.48. The van der Waals surface area contributed by atoms with E-state index in [1.54, 1.807) is 36.4 Å². The van der Waals surface area contributed by atoms with Gasteiger partial charge in [0.05, 0.1) is 24.1 Å².